The highest BCUT2D eigenvalue weighted by atomic mass is 19.1. The van der Waals surface area contributed by atoms with Gasteiger partial charge in [0.25, 0.3) is 0 Å². The molecule has 2 atom stereocenters. The second-order valence-corrected chi connectivity index (χ2v) is 11.5. The molecule has 39 heavy (non-hydrogen) atoms. The van der Waals surface area contributed by atoms with Gasteiger partial charge < -0.3 is 19.3 Å². The molecule has 5 rings (SSSR count). The fraction of sp³-hybridized carbons (Fsp3) is 0.424. The molecule has 1 N–H and O–H groups in total. The van der Waals surface area contributed by atoms with Gasteiger partial charge in [-0.25, -0.2) is 4.39 Å². The zero-order valence-corrected chi connectivity index (χ0v) is 22.9. The van der Waals surface area contributed by atoms with E-state index >= 15 is 4.39 Å². The number of hydrogen-bond acceptors (Lipinski definition) is 4. The van der Waals surface area contributed by atoms with E-state index in [1.165, 1.54) is 6.07 Å². The van der Waals surface area contributed by atoms with Crippen molar-refractivity contribution in [2.24, 2.45) is 11.3 Å². The SMILES string of the molecule is COc1ccc(F)c(-c2ccc(COc3cccc([C@H](CC(=O)O)C4CC4)c3)cc2[C@H]2OCCCC2(C)C)c1. The van der Waals surface area contributed by atoms with Crippen LogP contribution in [0.5, 0.6) is 11.5 Å². The first-order valence-electron chi connectivity index (χ1n) is 13.8. The second-order valence-electron chi connectivity index (χ2n) is 11.5. The van der Waals surface area contributed by atoms with E-state index in [1.807, 2.05) is 36.4 Å². The number of aliphatic carboxylic acids is 1. The molecule has 0 unspecified atom stereocenters. The van der Waals surface area contributed by atoms with Crippen LogP contribution in [-0.4, -0.2) is 24.8 Å². The first kappa shape index (κ1) is 27.2. The number of carboxylic acid groups (broad SMARTS) is 1. The number of methoxy groups -OCH3 is 1. The van der Waals surface area contributed by atoms with E-state index < -0.39 is 5.97 Å². The lowest BCUT2D eigenvalue weighted by molar-refractivity contribution is -0.137. The minimum Gasteiger partial charge on any atom is -0.497 e. The summed E-state index contributed by atoms with van der Waals surface area (Å²) in [6, 6.07) is 18.6. The summed E-state index contributed by atoms with van der Waals surface area (Å²) in [5.74, 6) is 0.676. The normalized spacial score (nSPS) is 19.3. The van der Waals surface area contributed by atoms with Gasteiger partial charge in [-0.1, -0.05) is 38.1 Å². The summed E-state index contributed by atoms with van der Waals surface area (Å²) in [6.07, 6.45) is 4.11. The van der Waals surface area contributed by atoms with Crippen LogP contribution >= 0.6 is 0 Å². The molecule has 6 heteroatoms. The monoisotopic (exact) mass is 532 g/mol. The van der Waals surface area contributed by atoms with Crippen molar-refractivity contribution in [3.8, 4) is 22.6 Å². The molecule has 5 nitrogen and oxygen atoms in total. The van der Waals surface area contributed by atoms with Gasteiger partial charge in [-0.05, 0) is 102 Å². The molecule has 2 aliphatic rings. The molecule has 0 radical (unpaired) electrons. The molecule has 3 aromatic carbocycles. The summed E-state index contributed by atoms with van der Waals surface area (Å²) in [5, 5.41) is 9.39. The van der Waals surface area contributed by atoms with E-state index in [1.54, 1.807) is 19.2 Å². The third-order valence-corrected chi connectivity index (χ3v) is 8.10. The highest BCUT2D eigenvalue weighted by Gasteiger charge is 2.37. The fourth-order valence-corrected chi connectivity index (χ4v) is 5.84. The highest BCUT2D eigenvalue weighted by molar-refractivity contribution is 5.71. The highest BCUT2D eigenvalue weighted by Crippen LogP contribution is 2.47. The van der Waals surface area contributed by atoms with E-state index in [4.69, 9.17) is 14.2 Å². The lowest BCUT2D eigenvalue weighted by Gasteiger charge is -2.39. The Labute approximate surface area is 229 Å². The van der Waals surface area contributed by atoms with Gasteiger partial charge in [0.15, 0.2) is 0 Å². The van der Waals surface area contributed by atoms with Crippen molar-refractivity contribution in [1.29, 1.82) is 0 Å². The number of ether oxygens (including phenoxy) is 3. The van der Waals surface area contributed by atoms with Crippen molar-refractivity contribution in [2.75, 3.05) is 13.7 Å². The Kier molecular flexibility index (Phi) is 7.94. The van der Waals surface area contributed by atoms with E-state index in [9.17, 15) is 9.90 Å². The molecule has 206 valence electrons. The Bertz CT molecular complexity index is 1330. The second kappa shape index (κ2) is 11.4. The zero-order chi connectivity index (χ0) is 27.6. The molecule has 1 heterocycles. The molecule has 0 aromatic heterocycles. The van der Waals surface area contributed by atoms with Crippen LogP contribution in [0.4, 0.5) is 4.39 Å². The maximum Gasteiger partial charge on any atom is 0.303 e. The Morgan fingerprint density at radius 3 is 2.62 bits per heavy atom. The minimum absolute atomic E-state index is 0.0142. The van der Waals surface area contributed by atoms with Crippen LogP contribution in [-0.2, 0) is 16.1 Å². The molecular weight excluding hydrogens is 495 g/mol. The van der Waals surface area contributed by atoms with Crippen molar-refractivity contribution in [1.82, 2.24) is 0 Å². The van der Waals surface area contributed by atoms with Crippen molar-refractivity contribution in [2.45, 2.75) is 64.6 Å². The predicted molar refractivity (Wildman–Crippen MR) is 149 cm³/mol. The third-order valence-electron chi connectivity index (χ3n) is 8.10. The number of hydrogen-bond donors (Lipinski definition) is 1. The van der Waals surface area contributed by atoms with Crippen LogP contribution in [0.3, 0.4) is 0 Å². The summed E-state index contributed by atoms with van der Waals surface area (Å²) in [4.78, 5) is 11.4. The first-order chi connectivity index (χ1) is 18.7. The average molecular weight is 533 g/mol. The van der Waals surface area contributed by atoms with Gasteiger partial charge in [-0.15, -0.1) is 0 Å². The molecule has 1 saturated heterocycles. The average Bonchev–Trinajstić information content (AvgIpc) is 3.76. The Morgan fingerprint density at radius 2 is 1.90 bits per heavy atom. The van der Waals surface area contributed by atoms with Gasteiger partial charge >= 0.3 is 5.97 Å². The van der Waals surface area contributed by atoms with Gasteiger partial charge in [-0.2, -0.15) is 0 Å². The predicted octanol–water partition coefficient (Wildman–Crippen LogP) is 7.93. The molecule has 1 aliphatic carbocycles. The summed E-state index contributed by atoms with van der Waals surface area (Å²) < 4.78 is 33.0. The van der Waals surface area contributed by atoms with Gasteiger partial charge in [0.2, 0.25) is 0 Å². The van der Waals surface area contributed by atoms with Gasteiger partial charge in [0, 0.05) is 12.2 Å². The maximum atomic E-state index is 15.1. The fourth-order valence-electron chi connectivity index (χ4n) is 5.84. The molecule has 0 amide bonds. The van der Waals surface area contributed by atoms with E-state index in [2.05, 4.69) is 19.9 Å². The molecular formula is C33H37FO5. The summed E-state index contributed by atoms with van der Waals surface area (Å²) in [7, 11) is 1.58. The smallest absolute Gasteiger partial charge is 0.303 e. The molecule has 1 saturated carbocycles. The number of halogens is 1. The van der Waals surface area contributed by atoms with Crippen molar-refractivity contribution >= 4 is 5.97 Å². The van der Waals surface area contributed by atoms with Crippen LogP contribution in [0.2, 0.25) is 0 Å². The maximum absolute atomic E-state index is 15.1. The quantitative estimate of drug-likeness (QED) is 0.287. The van der Waals surface area contributed by atoms with Gasteiger partial charge in [0.1, 0.15) is 23.9 Å². The van der Waals surface area contributed by atoms with Gasteiger partial charge in [-0.3, -0.25) is 4.79 Å². The van der Waals surface area contributed by atoms with Crippen molar-refractivity contribution in [3.63, 3.8) is 0 Å². The van der Waals surface area contributed by atoms with Crippen molar-refractivity contribution < 1.29 is 28.5 Å². The number of rotatable bonds is 10. The lowest BCUT2D eigenvalue weighted by Crippen LogP contribution is -2.30. The summed E-state index contributed by atoms with van der Waals surface area (Å²) in [5.41, 5.74) is 4.07. The van der Waals surface area contributed by atoms with Crippen molar-refractivity contribution in [3.05, 3.63) is 83.2 Å². The van der Waals surface area contributed by atoms with E-state index in [0.717, 1.165) is 47.9 Å². The van der Waals surface area contributed by atoms with Crippen LogP contribution in [0, 0.1) is 17.2 Å². The van der Waals surface area contributed by atoms with Crippen LogP contribution < -0.4 is 9.47 Å². The van der Waals surface area contributed by atoms with Crippen LogP contribution in [0.15, 0.2) is 60.7 Å². The van der Waals surface area contributed by atoms with Crippen LogP contribution in [0.1, 0.15) is 74.7 Å². The number of carboxylic acids is 1. The molecule has 3 aromatic rings. The Morgan fingerprint density at radius 1 is 1.08 bits per heavy atom. The molecule has 2 fully saturated rings. The van der Waals surface area contributed by atoms with Gasteiger partial charge in [0.05, 0.1) is 19.6 Å². The summed E-state index contributed by atoms with van der Waals surface area (Å²) in [6.45, 7) is 5.40. The van der Waals surface area contributed by atoms with E-state index in [0.29, 0.717) is 36.2 Å². The molecule has 1 aliphatic heterocycles. The first-order valence-corrected chi connectivity index (χ1v) is 13.8. The largest absolute Gasteiger partial charge is 0.497 e. The number of carbonyl (C=O) groups is 1. The Hall–Kier alpha value is -3.38. The minimum atomic E-state index is -0.772. The summed E-state index contributed by atoms with van der Waals surface area (Å²) >= 11 is 0. The van der Waals surface area contributed by atoms with Crippen LogP contribution in [0.25, 0.3) is 11.1 Å². The standard InChI is InChI=1S/C33H37FO5/c1-33(2)14-5-15-38-32(33)29-16-21(8-12-26(29)28-18-24(37-3)11-13-30(28)34)20-39-25-7-4-6-23(17-25)27(19-31(35)36)22-9-10-22/h4,6-8,11-13,16-18,22,27,32H,5,9-10,14-15,19-20H2,1-3H3,(H,35,36)/t27-,32-/m1/s1. The van der Waals surface area contributed by atoms with E-state index in [-0.39, 0.29) is 29.7 Å². The Balaban J connectivity index is 1.44. The molecule has 0 bridgehead atoms. The molecule has 0 spiro atoms. The topological polar surface area (TPSA) is 65.0 Å². The zero-order valence-electron chi connectivity index (χ0n) is 22.9. The lowest BCUT2D eigenvalue weighted by atomic mass is 9.75. The number of benzene rings is 3. The third kappa shape index (κ3) is 6.27.